The predicted octanol–water partition coefficient (Wildman–Crippen LogP) is -1.29. The summed E-state index contributed by atoms with van der Waals surface area (Å²) < 4.78 is 49.8. The van der Waals surface area contributed by atoms with Crippen LogP contribution in [0.5, 0.6) is 0 Å². The fourth-order valence-electron chi connectivity index (χ4n) is 13.7. The second kappa shape index (κ2) is 16.5. The van der Waals surface area contributed by atoms with Gasteiger partial charge in [-0.2, -0.15) is 0 Å². The largest absolute Gasteiger partial charge is 0.393 e. The van der Waals surface area contributed by atoms with Crippen LogP contribution in [0.15, 0.2) is 23.8 Å². The standard InChI is InChI=1S/C44H68O18/c1-16-14-56-44(38(54)36(16)60-39-34(52)32(50)29(47)18(3)57-39)17(2)28-26(62-44)13-24-22-8-7-20-11-21(45)12-27(43(20,6)23(22)9-10-42(24,28)5)59-41-37(31(49)25(46)15-55-41)61-40-35(53)33(51)30(48)19(4)58-40/h7,17-19,21-41,45-54H,1,8-15H2,2-6H3/t17-,18-,19+,21-,22-,23+,24+,25+,26+,27-,28+,29+,30+,31+,32+,33-,34-,35-,36+,37-,38+,39+,40+,41+,42+,43+,44+/m1/s1. The number of allylic oxidation sites excluding steroid dienone is 1. The molecule has 8 fully saturated rings. The number of ether oxygens (including phenoxy) is 8. The number of aliphatic hydroxyl groups excluding tert-OH is 10. The van der Waals surface area contributed by atoms with Gasteiger partial charge in [-0.15, -0.1) is 0 Å². The van der Waals surface area contributed by atoms with Gasteiger partial charge in [0.2, 0.25) is 5.79 Å². The van der Waals surface area contributed by atoms with Crippen LogP contribution in [0.25, 0.3) is 0 Å². The van der Waals surface area contributed by atoms with E-state index in [0.29, 0.717) is 18.4 Å². The van der Waals surface area contributed by atoms with Gasteiger partial charge in [-0.3, -0.25) is 0 Å². The monoisotopic (exact) mass is 884 g/mol. The SMILES string of the molecule is C=C1CO[C@@]2(O[C@H]3C[C@H]4[C@@H]5CC=C6C[C@@H](O)C[C@@H](O[C@@H]7OC[C@H](O)[C@H](O)[C@H]7O[C@@H]7O[C@@H](C)[C@H](O)[C@@H](O)[C@H]7O)[C@]6(C)[C@H]5CC[C@]4(C)[C@H]3[C@H]2C)[C@@H](O)[C@H]1O[C@@H]1O[C@H](C)[C@H](O)[C@H](O)[C@H]1O. The molecule has 62 heavy (non-hydrogen) atoms. The van der Waals surface area contributed by atoms with Crippen molar-refractivity contribution in [3.05, 3.63) is 23.8 Å². The van der Waals surface area contributed by atoms with Crippen molar-refractivity contribution in [1.82, 2.24) is 0 Å². The Kier molecular flexibility index (Phi) is 12.2. The normalized spacial score (nSPS) is 58.9. The highest BCUT2D eigenvalue weighted by atomic mass is 16.8. The van der Waals surface area contributed by atoms with Gasteiger partial charge >= 0.3 is 0 Å². The zero-order valence-electron chi connectivity index (χ0n) is 36.0. The first-order valence-electron chi connectivity index (χ1n) is 22.6. The van der Waals surface area contributed by atoms with Gasteiger partial charge in [-0.05, 0) is 80.6 Å². The Morgan fingerprint density at radius 3 is 2.05 bits per heavy atom. The van der Waals surface area contributed by atoms with Crippen molar-refractivity contribution in [2.24, 2.45) is 40.4 Å². The van der Waals surface area contributed by atoms with E-state index in [0.717, 1.165) is 24.8 Å². The summed E-state index contributed by atoms with van der Waals surface area (Å²) in [6, 6.07) is 0. The van der Waals surface area contributed by atoms with Gasteiger partial charge in [0.05, 0.1) is 43.7 Å². The molecular weight excluding hydrogens is 816 g/mol. The Morgan fingerprint density at radius 2 is 1.39 bits per heavy atom. The first-order chi connectivity index (χ1) is 29.2. The Morgan fingerprint density at radius 1 is 0.742 bits per heavy atom. The van der Waals surface area contributed by atoms with Crippen LogP contribution in [0.2, 0.25) is 0 Å². The van der Waals surface area contributed by atoms with Gasteiger partial charge in [0.15, 0.2) is 18.9 Å². The number of fused-ring (bicyclic) bond motifs is 7. The average molecular weight is 885 g/mol. The molecule has 10 N–H and O–H groups in total. The summed E-state index contributed by atoms with van der Waals surface area (Å²) in [5, 5.41) is 108. The maximum Gasteiger partial charge on any atom is 0.200 e. The number of hydrogen-bond acceptors (Lipinski definition) is 18. The third-order valence-corrected chi connectivity index (χ3v) is 17.2. The van der Waals surface area contributed by atoms with Gasteiger partial charge in [0, 0.05) is 17.8 Å². The second-order valence-corrected chi connectivity index (χ2v) is 20.5. The molecule has 5 heterocycles. The summed E-state index contributed by atoms with van der Waals surface area (Å²) in [4.78, 5) is 0. The second-order valence-electron chi connectivity index (χ2n) is 20.5. The lowest BCUT2D eigenvalue weighted by atomic mass is 9.46. The van der Waals surface area contributed by atoms with Crippen LogP contribution in [0.4, 0.5) is 0 Å². The lowest BCUT2D eigenvalue weighted by Crippen LogP contribution is -2.64. The maximum atomic E-state index is 12.1. The molecule has 352 valence electrons. The van der Waals surface area contributed by atoms with Gasteiger partial charge < -0.3 is 89.0 Å². The van der Waals surface area contributed by atoms with Crippen LogP contribution in [0.3, 0.4) is 0 Å². The predicted molar refractivity (Wildman–Crippen MR) is 211 cm³/mol. The topological polar surface area (TPSA) is 276 Å². The van der Waals surface area contributed by atoms with Gasteiger partial charge in [-0.25, -0.2) is 0 Å². The van der Waals surface area contributed by atoms with Crippen LogP contribution in [-0.2, 0) is 37.9 Å². The Labute approximate surface area is 361 Å². The highest BCUT2D eigenvalue weighted by Gasteiger charge is 2.72. The molecule has 9 aliphatic rings. The van der Waals surface area contributed by atoms with Gasteiger partial charge in [-0.1, -0.05) is 39.0 Å². The summed E-state index contributed by atoms with van der Waals surface area (Å²) in [7, 11) is 0. The lowest BCUT2D eigenvalue weighted by Gasteiger charge is -2.60. The van der Waals surface area contributed by atoms with Crippen molar-refractivity contribution in [3.8, 4) is 0 Å². The van der Waals surface area contributed by atoms with E-state index in [4.69, 9.17) is 37.9 Å². The van der Waals surface area contributed by atoms with Gasteiger partial charge in [0.25, 0.3) is 0 Å². The summed E-state index contributed by atoms with van der Waals surface area (Å²) in [5.74, 6) is -1.18. The quantitative estimate of drug-likeness (QED) is 0.139. The van der Waals surface area contributed by atoms with Crippen LogP contribution >= 0.6 is 0 Å². The van der Waals surface area contributed by atoms with Gasteiger partial charge in [0.1, 0.15) is 67.1 Å². The first kappa shape index (κ1) is 45.9. The van der Waals surface area contributed by atoms with Crippen LogP contribution in [0.1, 0.15) is 73.1 Å². The Bertz CT molecular complexity index is 1700. The van der Waals surface area contributed by atoms with E-state index in [-0.39, 0.29) is 60.7 Å². The molecule has 4 aliphatic carbocycles. The fourth-order valence-corrected chi connectivity index (χ4v) is 13.7. The van der Waals surface area contributed by atoms with E-state index in [1.54, 1.807) is 6.92 Å². The molecule has 0 aromatic carbocycles. The highest BCUT2D eigenvalue weighted by Crippen LogP contribution is 2.71. The van der Waals surface area contributed by atoms with Crippen molar-refractivity contribution in [3.63, 3.8) is 0 Å². The van der Waals surface area contributed by atoms with Crippen molar-refractivity contribution < 1.29 is 89.0 Å². The van der Waals surface area contributed by atoms with E-state index in [1.165, 1.54) is 6.92 Å². The summed E-state index contributed by atoms with van der Waals surface area (Å²) in [6.45, 7) is 13.5. The molecule has 0 bridgehead atoms. The number of hydrogen-bond donors (Lipinski definition) is 10. The van der Waals surface area contributed by atoms with E-state index in [2.05, 4.69) is 26.5 Å². The molecule has 0 radical (unpaired) electrons. The summed E-state index contributed by atoms with van der Waals surface area (Å²) >= 11 is 0. The Hall–Kier alpha value is -1.24. The summed E-state index contributed by atoms with van der Waals surface area (Å²) in [5.41, 5.74) is 0.731. The van der Waals surface area contributed by atoms with Crippen molar-refractivity contribution in [2.45, 2.75) is 195 Å². The van der Waals surface area contributed by atoms with Crippen LogP contribution < -0.4 is 0 Å². The van der Waals surface area contributed by atoms with E-state index < -0.39 is 122 Å². The zero-order chi connectivity index (χ0) is 44.5. The molecule has 0 aromatic rings. The van der Waals surface area contributed by atoms with Crippen molar-refractivity contribution in [1.29, 1.82) is 0 Å². The minimum atomic E-state index is -1.66. The molecule has 0 aromatic heterocycles. The first-order valence-corrected chi connectivity index (χ1v) is 22.6. The average Bonchev–Trinajstić information content (AvgIpc) is 3.69. The molecule has 27 atom stereocenters. The molecule has 18 heteroatoms. The maximum absolute atomic E-state index is 12.1. The summed E-state index contributed by atoms with van der Waals surface area (Å²) in [6.07, 6.45) is -16.8. The van der Waals surface area contributed by atoms with E-state index >= 15 is 0 Å². The van der Waals surface area contributed by atoms with Crippen LogP contribution in [0, 0.1) is 40.4 Å². The molecule has 9 rings (SSSR count). The molecule has 3 saturated carbocycles. The smallest absolute Gasteiger partial charge is 0.200 e. The van der Waals surface area contributed by atoms with E-state index in [1.807, 2.05) is 6.92 Å². The van der Waals surface area contributed by atoms with Crippen molar-refractivity contribution in [2.75, 3.05) is 13.2 Å². The molecule has 18 nitrogen and oxygen atoms in total. The lowest BCUT2D eigenvalue weighted by molar-refractivity contribution is -0.362. The molecular formula is C44H68O18. The fraction of sp³-hybridized carbons (Fsp3) is 0.909. The molecule has 0 amide bonds. The van der Waals surface area contributed by atoms with Crippen molar-refractivity contribution >= 4 is 0 Å². The third kappa shape index (κ3) is 6.97. The molecule has 0 unspecified atom stereocenters. The minimum absolute atomic E-state index is 0.00297. The zero-order valence-corrected chi connectivity index (χ0v) is 36.0. The minimum Gasteiger partial charge on any atom is -0.393 e. The number of rotatable bonds is 6. The number of aliphatic hydroxyl groups is 10. The molecule has 5 aliphatic heterocycles. The molecule has 5 saturated heterocycles. The molecule has 1 spiro atoms. The highest BCUT2D eigenvalue weighted by molar-refractivity contribution is 5.29. The third-order valence-electron chi connectivity index (χ3n) is 17.2. The van der Waals surface area contributed by atoms with Crippen LogP contribution in [-0.4, -0.2) is 187 Å². The van der Waals surface area contributed by atoms with E-state index in [9.17, 15) is 51.1 Å². The Balaban J connectivity index is 0.936.